The largest absolute Gasteiger partial charge is 1.00 e. The smallest absolute Gasteiger partial charge is 0.744 e. The molecule has 181 valence electrons. The molecule has 35 heavy (non-hydrogen) atoms. The molecule has 1 fully saturated rings. The van der Waals surface area contributed by atoms with E-state index in [0.29, 0.717) is 12.8 Å². The van der Waals surface area contributed by atoms with Gasteiger partial charge in [0.2, 0.25) is 0 Å². The van der Waals surface area contributed by atoms with Gasteiger partial charge in [0.05, 0.1) is 9.79 Å². The number of nitrogens with one attached hydrogen (secondary N) is 2. The van der Waals surface area contributed by atoms with Gasteiger partial charge >= 0.3 is 59.1 Å². The molecule has 10 nitrogen and oxygen atoms in total. The second-order valence-corrected chi connectivity index (χ2v) is 12.5. The summed E-state index contributed by atoms with van der Waals surface area (Å²) in [6, 6.07) is 5.57. The fraction of sp³-hybridized carbons (Fsp3) is 0.450. The first-order valence-corrected chi connectivity index (χ1v) is 13.2. The van der Waals surface area contributed by atoms with Crippen LogP contribution in [-0.4, -0.2) is 53.2 Å². The molecule has 0 amide bonds. The van der Waals surface area contributed by atoms with Gasteiger partial charge in [0.15, 0.2) is 5.11 Å². The van der Waals surface area contributed by atoms with Gasteiger partial charge in [-0.1, -0.05) is 12.1 Å². The average Bonchev–Trinajstić information content (AvgIpc) is 2.62. The van der Waals surface area contributed by atoms with Crippen molar-refractivity contribution < 1.29 is 90.3 Å². The molecule has 3 rings (SSSR count). The summed E-state index contributed by atoms with van der Waals surface area (Å²) in [5.74, 6) is 0. The van der Waals surface area contributed by atoms with Crippen molar-refractivity contribution in [3.05, 3.63) is 30.3 Å². The van der Waals surface area contributed by atoms with Crippen LogP contribution < -0.4 is 69.7 Å². The SMILES string of the molecule is CC1(C)CC(NC(=S)Nc2cc(S(=O)(=O)[O-])c3cccc(S(=O)(=O)[O-])c3c2)CC(C)(C)N1[O].[Na+].[Na+]. The maximum absolute atomic E-state index is 12.5. The van der Waals surface area contributed by atoms with E-state index in [0.717, 1.165) is 17.2 Å². The standard InChI is InChI=1S/C20H26N3O7S3.2Na/c1-19(2)10-13(11-20(3,4)23(19)24)22-18(31)21-12-8-15-14(17(9-12)33(28,29)30)6-5-7-16(15)32(25,26)27;;/h5-9,13H,10-11H2,1-4H3,(H2,21,22,31)(H,25,26,27)(H,28,29,30);;/q;2*+1/p-2. The van der Waals surface area contributed by atoms with Crippen LogP contribution in [0.2, 0.25) is 0 Å². The van der Waals surface area contributed by atoms with Crippen LogP contribution in [0.25, 0.3) is 10.8 Å². The van der Waals surface area contributed by atoms with Gasteiger partial charge in [0.1, 0.15) is 20.2 Å². The third-order valence-electron chi connectivity index (χ3n) is 5.64. The molecule has 2 aromatic carbocycles. The zero-order valence-electron chi connectivity index (χ0n) is 20.4. The molecule has 0 aromatic heterocycles. The van der Waals surface area contributed by atoms with Crippen LogP contribution in [0.5, 0.6) is 0 Å². The summed E-state index contributed by atoms with van der Waals surface area (Å²) < 4.78 is 70.6. The molecule has 15 heteroatoms. The molecule has 0 saturated carbocycles. The minimum Gasteiger partial charge on any atom is -0.744 e. The van der Waals surface area contributed by atoms with Crippen molar-refractivity contribution in [1.29, 1.82) is 0 Å². The molecule has 1 saturated heterocycles. The number of thiocarbonyl (C=S) groups is 1. The Morgan fingerprint density at radius 2 is 1.46 bits per heavy atom. The number of rotatable bonds is 4. The molecule has 2 aromatic rings. The summed E-state index contributed by atoms with van der Waals surface area (Å²) in [5.41, 5.74) is -1.29. The summed E-state index contributed by atoms with van der Waals surface area (Å²) in [6.07, 6.45) is 0.969. The summed E-state index contributed by atoms with van der Waals surface area (Å²) >= 11 is 5.34. The molecular weight excluding hydrogens is 536 g/mol. The summed E-state index contributed by atoms with van der Waals surface area (Å²) in [5, 5.41) is 19.2. The Morgan fingerprint density at radius 1 is 0.943 bits per heavy atom. The second-order valence-electron chi connectivity index (χ2n) is 9.36. The van der Waals surface area contributed by atoms with E-state index in [2.05, 4.69) is 10.6 Å². The Kier molecular flexibility index (Phi) is 10.9. The van der Waals surface area contributed by atoms with Crippen LogP contribution in [0.3, 0.4) is 0 Å². The van der Waals surface area contributed by atoms with Crippen LogP contribution in [0, 0.1) is 0 Å². The minimum absolute atomic E-state index is 0. The van der Waals surface area contributed by atoms with Crippen LogP contribution in [0.4, 0.5) is 5.69 Å². The first-order valence-electron chi connectivity index (χ1n) is 9.95. The Bertz CT molecular complexity index is 1310. The van der Waals surface area contributed by atoms with Gasteiger partial charge in [-0.05, 0) is 71.0 Å². The van der Waals surface area contributed by atoms with E-state index in [1.807, 2.05) is 27.7 Å². The van der Waals surface area contributed by atoms with E-state index in [1.165, 1.54) is 18.2 Å². The molecule has 1 heterocycles. The van der Waals surface area contributed by atoms with E-state index in [4.69, 9.17) is 12.2 Å². The maximum atomic E-state index is 12.5. The van der Waals surface area contributed by atoms with Gasteiger partial charge in [-0.15, -0.1) is 10.3 Å². The van der Waals surface area contributed by atoms with Gasteiger partial charge in [-0.25, -0.2) is 16.8 Å². The number of hydroxylamine groups is 2. The second kappa shape index (κ2) is 11.5. The summed E-state index contributed by atoms with van der Waals surface area (Å²) in [7, 11) is -9.95. The topological polar surface area (TPSA) is 162 Å². The number of piperidine rings is 1. The van der Waals surface area contributed by atoms with Gasteiger partial charge < -0.3 is 19.7 Å². The Balaban J connectivity index is 0.00000306. The normalized spacial score (nSPS) is 18.3. The quantitative estimate of drug-likeness (QED) is 0.216. The van der Waals surface area contributed by atoms with Crippen molar-refractivity contribution in [3.63, 3.8) is 0 Å². The van der Waals surface area contributed by atoms with Gasteiger partial charge in [0.25, 0.3) is 0 Å². The predicted octanol–water partition coefficient (Wildman–Crippen LogP) is -3.69. The molecule has 2 N–H and O–H groups in total. The van der Waals surface area contributed by atoms with Crippen LogP contribution in [0.15, 0.2) is 40.1 Å². The van der Waals surface area contributed by atoms with Crippen molar-refractivity contribution in [2.75, 3.05) is 5.32 Å². The number of anilines is 1. The van der Waals surface area contributed by atoms with Gasteiger partial charge in [-0.3, -0.25) is 0 Å². The summed E-state index contributed by atoms with van der Waals surface area (Å²) in [4.78, 5) is -1.34. The minimum atomic E-state index is -5.00. The molecule has 0 bridgehead atoms. The third kappa shape index (κ3) is 7.59. The van der Waals surface area contributed by atoms with Crippen LogP contribution >= 0.6 is 12.2 Å². The van der Waals surface area contributed by atoms with Crippen molar-refractivity contribution in [2.45, 2.75) is 67.4 Å². The zero-order chi connectivity index (χ0) is 25.0. The maximum Gasteiger partial charge on any atom is 1.00 e. The molecule has 0 aliphatic carbocycles. The fourth-order valence-electron chi connectivity index (χ4n) is 4.54. The Morgan fingerprint density at radius 3 is 1.94 bits per heavy atom. The first-order chi connectivity index (χ1) is 14.9. The van der Waals surface area contributed by atoms with Crippen molar-refractivity contribution in [3.8, 4) is 0 Å². The number of hydrogen-bond donors (Lipinski definition) is 2. The van der Waals surface area contributed by atoms with E-state index in [9.17, 15) is 31.1 Å². The molecule has 1 aliphatic rings. The number of benzene rings is 2. The van der Waals surface area contributed by atoms with E-state index in [1.54, 1.807) is 0 Å². The van der Waals surface area contributed by atoms with Crippen LogP contribution in [-0.2, 0) is 25.4 Å². The number of hydrogen-bond acceptors (Lipinski definition) is 8. The first kappa shape index (κ1) is 33.2. The fourth-order valence-corrected chi connectivity index (χ4v) is 6.23. The monoisotopic (exact) mass is 560 g/mol. The number of nitrogens with zero attached hydrogens (tertiary/aromatic N) is 1. The van der Waals surface area contributed by atoms with E-state index < -0.39 is 41.1 Å². The van der Waals surface area contributed by atoms with E-state index in [-0.39, 0.29) is 86.7 Å². The average molecular weight is 561 g/mol. The molecule has 1 aliphatic heterocycles. The van der Waals surface area contributed by atoms with E-state index >= 15 is 0 Å². The molecule has 0 spiro atoms. The molecule has 0 atom stereocenters. The van der Waals surface area contributed by atoms with Crippen molar-refractivity contribution >= 4 is 54.0 Å². The van der Waals surface area contributed by atoms with Gasteiger partial charge in [-0.2, -0.15) is 0 Å². The summed E-state index contributed by atoms with van der Waals surface area (Å²) in [6.45, 7) is 7.30. The zero-order valence-corrected chi connectivity index (χ0v) is 26.9. The van der Waals surface area contributed by atoms with Crippen LogP contribution in [0.1, 0.15) is 40.5 Å². The predicted molar refractivity (Wildman–Crippen MR) is 123 cm³/mol. The molecular formula is C20H24N3Na2O7S3. The molecule has 1 radical (unpaired) electrons. The van der Waals surface area contributed by atoms with Crippen molar-refractivity contribution in [2.24, 2.45) is 0 Å². The Hall–Kier alpha value is 0.130. The van der Waals surface area contributed by atoms with Crippen molar-refractivity contribution in [1.82, 2.24) is 10.4 Å². The number of fused-ring (bicyclic) bond motifs is 1. The third-order valence-corrected chi connectivity index (χ3v) is 7.63. The molecule has 0 unspecified atom stereocenters. The Labute approximate surface area is 255 Å². The van der Waals surface area contributed by atoms with Gasteiger partial charge in [0, 0.05) is 33.6 Å².